The number of thioether (sulfide) groups is 1. The fourth-order valence-corrected chi connectivity index (χ4v) is 15.6. The van der Waals surface area contributed by atoms with Crippen LogP contribution in [0.3, 0.4) is 0 Å². The molecule has 0 fully saturated rings. The van der Waals surface area contributed by atoms with Crippen LogP contribution in [0.4, 0.5) is 71.0 Å². The third-order valence-corrected chi connectivity index (χ3v) is 21.4. The van der Waals surface area contributed by atoms with Gasteiger partial charge >= 0.3 is 18.0 Å². The fraction of sp³-hybridized carbons (Fsp3) is 0.306. The Balaban J connectivity index is 0.000000152. The van der Waals surface area contributed by atoms with E-state index in [9.17, 15) is 39.3 Å². The lowest BCUT2D eigenvalue weighted by Gasteiger charge is -2.30. The molecule has 114 heavy (non-hydrogen) atoms. The average molecular weight is 1660 g/mol. The molecule has 0 bridgehead atoms. The number of azo groups is 4. The highest BCUT2D eigenvalue weighted by atomic mass is 32.2. The Morgan fingerprint density at radius 3 is 2.01 bits per heavy atom. The van der Waals surface area contributed by atoms with Gasteiger partial charge < -0.3 is 39.3 Å². The molecule has 0 aliphatic carbocycles. The number of methoxy groups -OCH3 is 1. The monoisotopic (exact) mass is 1660 g/mol. The minimum atomic E-state index is -0.597. The Bertz CT molecular complexity index is 5640. The van der Waals surface area contributed by atoms with E-state index in [0.29, 0.717) is 133 Å². The van der Waals surface area contributed by atoms with Crippen LogP contribution in [0.5, 0.6) is 17.2 Å². The van der Waals surface area contributed by atoms with Crippen molar-refractivity contribution in [2.75, 3.05) is 60.4 Å². The molecule has 36 nitrogen and oxygen atoms in total. The van der Waals surface area contributed by atoms with E-state index in [1.807, 2.05) is 46.8 Å². The SMILES string of the molecule is CCOC(=O)N1CC=Cc2c(O)ccc(N=Nc3nnc(C)s3)c21.CCOC(=O)c1c(-c2ccccc2C(=O)OC)c(N=Nc2nc(C)ns2)n2[nH]c(C(C)(C)C)nc12.CCSc1nnc(N=Nc2ccc(O)c3c2N(C(C)=O)CCC3)s1.[C-]#[N+]c1cc(N=Nc2nc3ccc(SOON)cc3s2)c2c(c1O)CCCN2C(C)=O. The predicted molar refractivity (Wildman–Crippen MR) is 432 cm³/mol. The van der Waals surface area contributed by atoms with Crippen molar-refractivity contribution in [1.82, 2.24) is 49.3 Å². The lowest BCUT2D eigenvalue weighted by atomic mass is 9.96. The largest absolute Gasteiger partial charge is 0.519 e. The molecule has 9 heterocycles. The summed E-state index contributed by atoms with van der Waals surface area (Å²) in [5.74, 6) is 5.98. The first-order valence-electron chi connectivity index (χ1n) is 34.8. The van der Waals surface area contributed by atoms with E-state index in [4.69, 9.17) is 31.7 Å². The van der Waals surface area contributed by atoms with Gasteiger partial charge in [-0.3, -0.25) is 19.6 Å². The predicted octanol–water partition coefficient (Wildman–Crippen LogP) is 18.3. The zero-order chi connectivity index (χ0) is 81.5. The third-order valence-electron chi connectivity index (χ3n) is 16.6. The van der Waals surface area contributed by atoms with Crippen molar-refractivity contribution in [2.45, 2.75) is 110 Å². The maximum absolute atomic E-state index is 13.3. The molecule has 5 aromatic carbocycles. The molecule has 14 rings (SSSR count). The number of thiazole rings is 1. The van der Waals surface area contributed by atoms with Gasteiger partial charge in [0.05, 0.1) is 77.5 Å². The molecule has 0 saturated carbocycles. The topological polar surface area (TPSA) is 454 Å². The number of aromatic amines is 1. The van der Waals surface area contributed by atoms with Gasteiger partial charge in [0.1, 0.15) is 50.8 Å². The second-order valence-electron chi connectivity index (χ2n) is 25.3. The molecule has 6 aromatic heterocycles. The number of carbonyl (C=O) groups is 5. The number of esters is 2. The number of fused-ring (bicyclic) bond motifs is 5. The number of H-pyrrole nitrogens is 1. The summed E-state index contributed by atoms with van der Waals surface area (Å²) in [6.07, 6.45) is 5.78. The van der Waals surface area contributed by atoms with Crippen molar-refractivity contribution < 1.29 is 62.8 Å². The van der Waals surface area contributed by atoms with E-state index in [2.05, 4.69) is 94.9 Å². The summed E-state index contributed by atoms with van der Waals surface area (Å²) in [6.45, 7) is 27.3. The van der Waals surface area contributed by atoms with Crippen molar-refractivity contribution in [2.24, 2.45) is 46.8 Å². The van der Waals surface area contributed by atoms with Gasteiger partial charge in [0.25, 0.3) is 10.3 Å². The number of hydrogen-bond donors (Lipinski definition) is 5. The maximum atomic E-state index is 13.3. The molecular formula is C72H73N23O13S6. The Kier molecular flexibility index (Phi) is 27.5. The molecule has 3 amide bonds. The summed E-state index contributed by atoms with van der Waals surface area (Å²) >= 11 is 7.67. The molecule has 11 aromatic rings. The van der Waals surface area contributed by atoms with Crippen molar-refractivity contribution in [3.05, 3.63) is 135 Å². The number of phenolic OH excluding ortho intramolecular Hbond substituents is 3. The molecule has 590 valence electrons. The first kappa shape index (κ1) is 83.1. The Labute approximate surface area is 675 Å². The Hall–Kier alpha value is -11.8. The molecule has 42 heteroatoms. The van der Waals surface area contributed by atoms with Gasteiger partial charge in [0, 0.05) is 83.1 Å². The van der Waals surface area contributed by atoms with E-state index >= 15 is 0 Å². The first-order valence-corrected chi connectivity index (χ1v) is 39.8. The Morgan fingerprint density at radius 2 is 1.36 bits per heavy atom. The number of benzene rings is 5. The van der Waals surface area contributed by atoms with Crippen LogP contribution >= 0.6 is 69.3 Å². The minimum Gasteiger partial charge on any atom is -0.519 e. The maximum Gasteiger partial charge on any atom is 0.414 e. The van der Waals surface area contributed by atoms with Crippen molar-refractivity contribution in [1.29, 1.82) is 0 Å². The van der Waals surface area contributed by atoms with Gasteiger partial charge in [-0.1, -0.05) is 104 Å². The minimum absolute atomic E-state index is 0.0564. The smallest absolute Gasteiger partial charge is 0.414 e. The number of aromatic nitrogens is 10. The summed E-state index contributed by atoms with van der Waals surface area (Å²) < 4.78 is 27.5. The summed E-state index contributed by atoms with van der Waals surface area (Å²) in [5, 5.41) is 86.0. The van der Waals surface area contributed by atoms with Gasteiger partial charge in [0.15, 0.2) is 15.8 Å². The van der Waals surface area contributed by atoms with Crippen LogP contribution in [0, 0.1) is 20.4 Å². The highest BCUT2D eigenvalue weighted by Gasteiger charge is 2.35. The highest BCUT2D eigenvalue weighted by Crippen LogP contribution is 2.50. The van der Waals surface area contributed by atoms with E-state index < -0.39 is 18.0 Å². The molecule has 0 saturated heterocycles. The summed E-state index contributed by atoms with van der Waals surface area (Å²) in [6, 6.07) is 20.1. The van der Waals surface area contributed by atoms with Crippen LogP contribution in [0.15, 0.2) is 129 Å². The van der Waals surface area contributed by atoms with Gasteiger partial charge in [-0.2, -0.15) is 10.3 Å². The quantitative estimate of drug-likeness (QED) is 0.00778. The van der Waals surface area contributed by atoms with Crippen LogP contribution in [-0.4, -0.2) is 140 Å². The second kappa shape index (κ2) is 37.7. The first-order chi connectivity index (χ1) is 54.9. The molecule has 0 spiro atoms. The summed E-state index contributed by atoms with van der Waals surface area (Å²) in [5.41, 5.74) is 6.68. The van der Waals surface area contributed by atoms with Gasteiger partial charge in [-0.05, 0) is 114 Å². The zero-order valence-electron chi connectivity index (χ0n) is 63.0. The number of anilines is 3. The van der Waals surface area contributed by atoms with Gasteiger partial charge in [0.2, 0.25) is 27.8 Å². The summed E-state index contributed by atoms with van der Waals surface area (Å²) in [4.78, 5) is 88.4. The van der Waals surface area contributed by atoms with Crippen molar-refractivity contribution in [3.8, 4) is 28.4 Å². The number of nitrogens with zero attached hydrogens (tertiary/aromatic N) is 21. The van der Waals surface area contributed by atoms with Crippen LogP contribution in [0.2, 0.25) is 0 Å². The van der Waals surface area contributed by atoms with Crippen LogP contribution in [0.25, 0.3) is 37.9 Å². The van der Waals surface area contributed by atoms with E-state index in [1.165, 1.54) is 72.0 Å². The molecule has 0 unspecified atom stereocenters. The molecule has 0 radical (unpaired) electrons. The number of amides is 3. The summed E-state index contributed by atoms with van der Waals surface area (Å²) in [7, 11) is 1.30. The van der Waals surface area contributed by atoms with E-state index in [-0.39, 0.29) is 70.3 Å². The third kappa shape index (κ3) is 19.3. The standard InChI is InChI=1S/C23H25N7O4S.C19H16N6O4S2.C15H15N5O3S.C15H17N5O2S2/c1-7-34-20(32)16-15(13-10-8-9-11-14(13)19(31)33-6)18(26-27-22-24-12(2)29-35-22)30-17(16)25-21(28-30)23(3,4)5;1-10(26)25-7-3-4-12-17(25)14(9-15(21-2)18(12)27)23-24-19-22-13-6-5-11(31-29-28-20)8-16(13)30-19;1-3-23-15(22)20-8-4-5-10-12(21)7-6-11(13(10)20)17-19-14-18-16-9(2)24-14;1-3-23-15-19-18-14(24-15)17-16-11-6-7-12(22)10-5-4-8-20(9(2)21)13(10)11/h8-11H,7H2,1-6H3,(H,25,28);5-6,8-9,27H,3-4,7,20H2,1H3;4-7,21H,3,8H2,1-2H3;6-7,22H,3-5,8H2,1-2H3. The number of nitrogens with one attached hydrogen (secondary N) is 1. The van der Waals surface area contributed by atoms with Crippen LogP contribution < -0.4 is 20.6 Å². The zero-order valence-corrected chi connectivity index (χ0v) is 67.9. The number of ether oxygens (including phenoxy) is 3. The number of rotatable bonds is 18. The number of hydrogen-bond acceptors (Lipinski definition) is 36. The number of carbonyl (C=O) groups excluding carboxylic acids is 5. The second-order valence-corrected chi connectivity index (χ2v) is 31.4. The molecule has 0 atom stereocenters. The molecule has 3 aliphatic heterocycles. The average Bonchev–Trinajstić information content (AvgIpc) is 1.57. The van der Waals surface area contributed by atoms with Gasteiger partial charge in [-0.15, -0.1) is 70.6 Å². The van der Waals surface area contributed by atoms with Crippen molar-refractivity contribution in [3.63, 3.8) is 0 Å². The van der Waals surface area contributed by atoms with E-state index in [1.54, 1.807) is 108 Å². The molecule has 6 N–H and O–H groups in total. The highest BCUT2D eigenvalue weighted by molar-refractivity contribution is 8.01. The number of phenols is 3. The molecule has 3 aliphatic rings. The van der Waals surface area contributed by atoms with Gasteiger partial charge in [-0.25, -0.2) is 38.7 Å². The molecular weight excluding hydrogens is 1590 g/mol. The lowest BCUT2D eigenvalue weighted by Crippen LogP contribution is -2.33. The lowest BCUT2D eigenvalue weighted by molar-refractivity contribution is -0.195. The van der Waals surface area contributed by atoms with E-state index in [0.717, 1.165) is 65.8 Å². The van der Waals surface area contributed by atoms with Crippen LogP contribution in [0.1, 0.15) is 122 Å². The van der Waals surface area contributed by atoms with Crippen LogP contribution in [-0.2, 0) is 51.4 Å². The number of nitrogens with two attached hydrogens (primary N) is 1. The normalized spacial score (nSPS) is 13.1. The number of aromatic hydroxyl groups is 3. The Morgan fingerprint density at radius 1 is 0.702 bits per heavy atom. The fourth-order valence-electron chi connectivity index (χ4n) is 11.7. The number of aryl methyl sites for hydroxylation is 2. The van der Waals surface area contributed by atoms with Crippen molar-refractivity contribution >= 4 is 187 Å².